The SMILES string of the molecule is CCOc1ccc(NC(=O)c2c(NC(=O)CN3CCCC3)sc3c2CC[C@H](C)C3)cc1. The minimum Gasteiger partial charge on any atom is -0.494 e. The van der Waals surface area contributed by atoms with Crippen LogP contribution in [0.3, 0.4) is 0 Å². The zero-order valence-corrected chi connectivity index (χ0v) is 19.1. The first-order valence-electron chi connectivity index (χ1n) is 11.2. The minimum absolute atomic E-state index is 0.0383. The van der Waals surface area contributed by atoms with Gasteiger partial charge >= 0.3 is 0 Å². The molecule has 2 heterocycles. The summed E-state index contributed by atoms with van der Waals surface area (Å²) >= 11 is 1.57. The molecule has 2 amide bonds. The van der Waals surface area contributed by atoms with Crippen molar-refractivity contribution in [3.8, 4) is 5.75 Å². The number of anilines is 2. The Kier molecular flexibility index (Phi) is 6.92. The zero-order chi connectivity index (χ0) is 21.8. The first-order valence-corrected chi connectivity index (χ1v) is 12.1. The fourth-order valence-electron chi connectivity index (χ4n) is 4.38. The number of ether oxygens (including phenoxy) is 1. The number of hydrogen-bond donors (Lipinski definition) is 2. The quantitative estimate of drug-likeness (QED) is 0.661. The van der Waals surface area contributed by atoms with Gasteiger partial charge in [-0.25, -0.2) is 0 Å². The van der Waals surface area contributed by atoms with Crippen molar-refractivity contribution in [2.45, 2.75) is 46.0 Å². The highest BCUT2D eigenvalue weighted by Crippen LogP contribution is 2.40. The average molecular weight is 442 g/mol. The average Bonchev–Trinajstić information content (AvgIpc) is 3.36. The van der Waals surface area contributed by atoms with Gasteiger partial charge in [-0.2, -0.15) is 0 Å². The van der Waals surface area contributed by atoms with Gasteiger partial charge in [0, 0.05) is 10.6 Å². The molecule has 7 heteroatoms. The Morgan fingerprint density at radius 1 is 1.16 bits per heavy atom. The van der Waals surface area contributed by atoms with Gasteiger partial charge in [-0.15, -0.1) is 11.3 Å². The van der Waals surface area contributed by atoms with E-state index in [1.54, 1.807) is 11.3 Å². The van der Waals surface area contributed by atoms with E-state index >= 15 is 0 Å². The van der Waals surface area contributed by atoms with Crippen LogP contribution in [0.5, 0.6) is 5.75 Å². The van der Waals surface area contributed by atoms with Crippen LogP contribution < -0.4 is 15.4 Å². The van der Waals surface area contributed by atoms with Crippen LogP contribution in [-0.4, -0.2) is 43.0 Å². The van der Waals surface area contributed by atoms with Crippen molar-refractivity contribution in [1.82, 2.24) is 4.90 Å². The fourth-order valence-corrected chi connectivity index (χ4v) is 5.81. The van der Waals surface area contributed by atoms with Gasteiger partial charge in [0.25, 0.3) is 5.91 Å². The fraction of sp³-hybridized carbons (Fsp3) is 0.500. The summed E-state index contributed by atoms with van der Waals surface area (Å²) < 4.78 is 5.48. The third-order valence-corrected chi connectivity index (χ3v) is 7.15. The molecule has 1 saturated heterocycles. The number of thiophene rings is 1. The molecule has 2 aliphatic rings. The van der Waals surface area contributed by atoms with Crippen LogP contribution in [0.25, 0.3) is 0 Å². The van der Waals surface area contributed by atoms with Crippen molar-refractivity contribution in [1.29, 1.82) is 0 Å². The van der Waals surface area contributed by atoms with E-state index in [0.717, 1.165) is 56.5 Å². The number of carbonyl (C=O) groups excluding carboxylic acids is 2. The summed E-state index contributed by atoms with van der Waals surface area (Å²) in [7, 11) is 0. The topological polar surface area (TPSA) is 70.7 Å². The summed E-state index contributed by atoms with van der Waals surface area (Å²) in [6, 6.07) is 7.38. The van der Waals surface area contributed by atoms with Crippen molar-refractivity contribution in [3.63, 3.8) is 0 Å². The van der Waals surface area contributed by atoms with Crippen LogP contribution in [0, 0.1) is 5.92 Å². The predicted molar refractivity (Wildman–Crippen MR) is 125 cm³/mol. The molecular formula is C24H31N3O3S. The molecule has 1 aliphatic heterocycles. The van der Waals surface area contributed by atoms with Gasteiger partial charge in [0.2, 0.25) is 5.91 Å². The number of carbonyl (C=O) groups is 2. The van der Waals surface area contributed by atoms with Gasteiger partial charge in [0.05, 0.1) is 18.7 Å². The molecule has 2 aromatic rings. The summed E-state index contributed by atoms with van der Waals surface area (Å²) in [5.41, 5.74) is 2.45. The third kappa shape index (κ3) is 5.28. The summed E-state index contributed by atoms with van der Waals surface area (Å²) in [6.45, 7) is 7.11. The van der Waals surface area contributed by atoms with Crippen molar-refractivity contribution in [2.24, 2.45) is 5.92 Å². The Morgan fingerprint density at radius 2 is 1.90 bits per heavy atom. The van der Waals surface area contributed by atoms with E-state index in [4.69, 9.17) is 4.74 Å². The van der Waals surface area contributed by atoms with Crippen molar-refractivity contribution in [2.75, 3.05) is 36.9 Å². The highest BCUT2D eigenvalue weighted by atomic mass is 32.1. The van der Waals surface area contributed by atoms with Crippen LogP contribution in [0.1, 0.15) is 53.9 Å². The van der Waals surface area contributed by atoms with E-state index in [2.05, 4.69) is 22.5 Å². The van der Waals surface area contributed by atoms with E-state index in [1.165, 1.54) is 4.88 Å². The second-order valence-electron chi connectivity index (χ2n) is 8.50. The molecule has 4 rings (SSSR count). The number of nitrogens with zero attached hydrogens (tertiary/aromatic N) is 1. The van der Waals surface area contributed by atoms with Crippen LogP contribution in [0.2, 0.25) is 0 Å². The first kappa shape index (κ1) is 21.8. The number of likely N-dealkylation sites (tertiary alicyclic amines) is 1. The molecular weight excluding hydrogens is 410 g/mol. The molecule has 0 spiro atoms. The lowest BCUT2D eigenvalue weighted by Gasteiger charge is -2.19. The molecule has 0 radical (unpaired) electrons. The molecule has 2 N–H and O–H groups in total. The summed E-state index contributed by atoms with van der Waals surface area (Å²) in [6.07, 6.45) is 5.20. The van der Waals surface area contributed by atoms with E-state index in [1.807, 2.05) is 31.2 Å². The van der Waals surface area contributed by atoms with E-state index in [9.17, 15) is 9.59 Å². The molecule has 31 heavy (non-hydrogen) atoms. The lowest BCUT2D eigenvalue weighted by atomic mass is 9.88. The normalized spacial score (nSPS) is 18.5. The minimum atomic E-state index is -0.160. The standard InChI is InChI=1S/C24H31N3O3S/c1-3-30-18-9-7-17(8-10-18)25-23(29)22-19-11-6-16(2)14-20(19)31-24(22)26-21(28)15-27-12-4-5-13-27/h7-10,16H,3-6,11-15H2,1-2H3,(H,25,29)(H,26,28)/t16-/m0/s1. The van der Waals surface area contributed by atoms with Gasteiger partial charge in [0.15, 0.2) is 0 Å². The number of rotatable bonds is 7. The molecule has 1 aromatic heterocycles. The number of nitrogens with one attached hydrogen (secondary N) is 2. The molecule has 0 saturated carbocycles. The Balaban J connectivity index is 1.54. The Morgan fingerprint density at radius 3 is 2.61 bits per heavy atom. The number of benzene rings is 1. The van der Waals surface area contributed by atoms with Gasteiger partial charge < -0.3 is 15.4 Å². The predicted octanol–water partition coefficient (Wildman–Crippen LogP) is 4.56. The molecule has 1 atom stereocenters. The van der Waals surface area contributed by atoms with E-state index in [0.29, 0.717) is 35.3 Å². The number of fused-ring (bicyclic) bond motifs is 1. The Labute approximate surface area is 188 Å². The number of amides is 2. The van der Waals surface area contributed by atoms with Crippen molar-refractivity contribution < 1.29 is 14.3 Å². The van der Waals surface area contributed by atoms with Crippen LogP contribution in [0.15, 0.2) is 24.3 Å². The van der Waals surface area contributed by atoms with Crippen LogP contribution in [0.4, 0.5) is 10.7 Å². The summed E-state index contributed by atoms with van der Waals surface area (Å²) in [5.74, 6) is 1.18. The molecule has 1 aromatic carbocycles. The lowest BCUT2D eigenvalue weighted by Crippen LogP contribution is -2.31. The maximum atomic E-state index is 13.3. The van der Waals surface area contributed by atoms with E-state index < -0.39 is 0 Å². The summed E-state index contributed by atoms with van der Waals surface area (Å²) in [5, 5.41) is 6.76. The third-order valence-electron chi connectivity index (χ3n) is 5.98. The van der Waals surface area contributed by atoms with Crippen LogP contribution >= 0.6 is 11.3 Å². The second-order valence-corrected chi connectivity index (χ2v) is 9.60. The molecule has 0 unspecified atom stereocenters. The maximum Gasteiger partial charge on any atom is 0.258 e. The largest absolute Gasteiger partial charge is 0.494 e. The van der Waals surface area contributed by atoms with E-state index in [-0.39, 0.29) is 11.8 Å². The number of hydrogen-bond acceptors (Lipinski definition) is 5. The highest BCUT2D eigenvalue weighted by Gasteiger charge is 2.29. The summed E-state index contributed by atoms with van der Waals surface area (Å²) in [4.78, 5) is 29.4. The molecule has 1 aliphatic carbocycles. The highest BCUT2D eigenvalue weighted by molar-refractivity contribution is 7.17. The zero-order valence-electron chi connectivity index (χ0n) is 18.3. The lowest BCUT2D eigenvalue weighted by molar-refractivity contribution is -0.117. The molecule has 0 bridgehead atoms. The maximum absolute atomic E-state index is 13.3. The molecule has 1 fully saturated rings. The van der Waals surface area contributed by atoms with Gasteiger partial charge in [-0.3, -0.25) is 14.5 Å². The second kappa shape index (κ2) is 9.83. The monoisotopic (exact) mass is 441 g/mol. The Hall–Kier alpha value is -2.38. The van der Waals surface area contributed by atoms with Gasteiger partial charge in [-0.05, 0) is 87.9 Å². The smallest absolute Gasteiger partial charge is 0.258 e. The van der Waals surface area contributed by atoms with Crippen LogP contribution in [-0.2, 0) is 17.6 Å². The molecule has 166 valence electrons. The Bertz CT molecular complexity index is 932. The van der Waals surface area contributed by atoms with Crippen molar-refractivity contribution >= 4 is 33.8 Å². The first-order chi connectivity index (χ1) is 15.0. The van der Waals surface area contributed by atoms with Gasteiger partial charge in [-0.1, -0.05) is 6.92 Å². The van der Waals surface area contributed by atoms with Crippen molar-refractivity contribution in [3.05, 3.63) is 40.3 Å². The van der Waals surface area contributed by atoms with Gasteiger partial charge in [0.1, 0.15) is 10.8 Å². The molecule has 6 nitrogen and oxygen atoms in total.